The fraction of sp³-hybridized carbons (Fsp3) is 0.455. The highest BCUT2D eigenvalue weighted by molar-refractivity contribution is 5.85. The van der Waals surface area contributed by atoms with Gasteiger partial charge in [-0.3, -0.25) is 14.8 Å². The Balaban J connectivity index is 2.53. The number of hydrogen-bond donors (Lipinski definition) is 1. The third-order valence-electron chi connectivity index (χ3n) is 2.28. The van der Waals surface area contributed by atoms with Crippen LogP contribution in [0.2, 0.25) is 0 Å². The molecule has 2 amide bonds. The molecule has 1 rings (SSSR count). The van der Waals surface area contributed by atoms with Crippen molar-refractivity contribution in [1.29, 1.82) is 0 Å². The fourth-order valence-corrected chi connectivity index (χ4v) is 1.36. The molecular weight excluding hydrogens is 236 g/mol. The fourth-order valence-electron chi connectivity index (χ4n) is 1.36. The summed E-state index contributed by atoms with van der Waals surface area (Å²) in [5.41, 5.74) is 0.679. The first-order valence-corrected chi connectivity index (χ1v) is 5.39. The summed E-state index contributed by atoms with van der Waals surface area (Å²) in [5, 5.41) is 2.41. The van der Waals surface area contributed by atoms with Gasteiger partial charge in [-0.05, 0) is 6.92 Å². The Morgan fingerprint density at radius 2 is 2.22 bits per heavy atom. The lowest BCUT2D eigenvalue weighted by atomic mass is 10.3. The van der Waals surface area contributed by atoms with Gasteiger partial charge in [0.25, 0.3) is 0 Å². The Hall–Kier alpha value is -2.18. The van der Waals surface area contributed by atoms with Crippen molar-refractivity contribution in [2.45, 2.75) is 19.5 Å². The van der Waals surface area contributed by atoms with Crippen molar-refractivity contribution >= 4 is 12.0 Å². The normalized spacial score (nSPS) is 11.5. The molecule has 1 atom stereocenters. The summed E-state index contributed by atoms with van der Waals surface area (Å²) in [5.74, 6) is -0.231. The number of amides is 2. The maximum Gasteiger partial charge on any atom is 0.407 e. The van der Waals surface area contributed by atoms with Gasteiger partial charge in [-0.2, -0.15) is 0 Å². The molecular formula is C11H16N4O3. The van der Waals surface area contributed by atoms with Gasteiger partial charge >= 0.3 is 6.09 Å². The molecule has 1 aromatic rings. The van der Waals surface area contributed by atoms with Crippen LogP contribution >= 0.6 is 0 Å². The summed E-state index contributed by atoms with van der Waals surface area (Å²) in [6.45, 7) is 1.92. The molecule has 1 aromatic heterocycles. The number of aromatic nitrogens is 2. The monoisotopic (exact) mass is 252 g/mol. The molecule has 0 aliphatic heterocycles. The lowest BCUT2D eigenvalue weighted by molar-refractivity contribution is -0.132. The SMILES string of the molecule is COC(=O)N[C@@H](C)C(=O)N(C)Cc1cnccn1. The van der Waals surface area contributed by atoms with Crippen molar-refractivity contribution in [3.63, 3.8) is 0 Å². The van der Waals surface area contributed by atoms with Crippen LogP contribution in [0.1, 0.15) is 12.6 Å². The van der Waals surface area contributed by atoms with Crippen LogP contribution in [0, 0.1) is 0 Å². The Labute approximate surface area is 105 Å². The summed E-state index contributed by atoms with van der Waals surface area (Å²) >= 11 is 0. The average molecular weight is 252 g/mol. The Morgan fingerprint density at radius 1 is 1.50 bits per heavy atom. The molecule has 7 nitrogen and oxygen atoms in total. The Bertz CT molecular complexity index is 410. The summed E-state index contributed by atoms with van der Waals surface area (Å²) in [6.07, 6.45) is 4.07. The maximum atomic E-state index is 11.9. The van der Waals surface area contributed by atoms with Gasteiger partial charge in [0.05, 0.1) is 25.5 Å². The van der Waals surface area contributed by atoms with E-state index < -0.39 is 12.1 Å². The number of rotatable bonds is 4. The van der Waals surface area contributed by atoms with Crippen LogP contribution < -0.4 is 5.32 Å². The van der Waals surface area contributed by atoms with Crippen molar-refractivity contribution < 1.29 is 14.3 Å². The van der Waals surface area contributed by atoms with E-state index in [0.29, 0.717) is 12.2 Å². The molecule has 0 unspecified atom stereocenters. The third-order valence-corrected chi connectivity index (χ3v) is 2.28. The first kappa shape index (κ1) is 13.9. The highest BCUT2D eigenvalue weighted by Crippen LogP contribution is 2.00. The zero-order chi connectivity index (χ0) is 13.5. The minimum Gasteiger partial charge on any atom is -0.453 e. The van der Waals surface area contributed by atoms with E-state index in [1.54, 1.807) is 32.6 Å². The first-order valence-electron chi connectivity index (χ1n) is 5.39. The molecule has 0 saturated heterocycles. The van der Waals surface area contributed by atoms with Crippen molar-refractivity contribution in [3.05, 3.63) is 24.3 Å². The third kappa shape index (κ3) is 4.00. The minimum absolute atomic E-state index is 0.231. The van der Waals surface area contributed by atoms with Crippen LogP contribution in [0.15, 0.2) is 18.6 Å². The Morgan fingerprint density at radius 3 is 2.78 bits per heavy atom. The van der Waals surface area contributed by atoms with Crippen molar-refractivity contribution in [2.24, 2.45) is 0 Å². The summed E-state index contributed by atoms with van der Waals surface area (Å²) in [4.78, 5) is 32.3. The van der Waals surface area contributed by atoms with Crippen LogP contribution in [0.3, 0.4) is 0 Å². The number of alkyl carbamates (subject to hydrolysis) is 1. The molecule has 1 heterocycles. The zero-order valence-electron chi connectivity index (χ0n) is 10.6. The number of methoxy groups -OCH3 is 1. The van der Waals surface area contributed by atoms with Crippen molar-refractivity contribution in [1.82, 2.24) is 20.2 Å². The van der Waals surface area contributed by atoms with E-state index in [0.717, 1.165) is 0 Å². The maximum absolute atomic E-state index is 11.9. The van der Waals surface area contributed by atoms with E-state index in [1.165, 1.54) is 12.0 Å². The van der Waals surface area contributed by atoms with Gasteiger partial charge in [0.1, 0.15) is 6.04 Å². The van der Waals surface area contributed by atoms with E-state index >= 15 is 0 Å². The van der Waals surface area contributed by atoms with Gasteiger partial charge in [-0.15, -0.1) is 0 Å². The van der Waals surface area contributed by atoms with Crippen molar-refractivity contribution in [3.8, 4) is 0 Å². The van der Waals surface area contributed by atoms with Gasteiger partial charge < -0.3 is 15.0 Å². The summed E-state index contributed by atoms with van der Waals surface area (Å²) in [7, 11) is 2.88. The van der Waals surface area contributed by atoms with Gasteiger partial charge in [-0.25, -0.2) is 4.79 Å². The van der Waals surface area contributed by atoms with E-state index in [-0.39, 0.29) is 5.91 Å². The number of hydrogen-bond acceptors (Lipinski definition) is 5. The van der Waals surface area contributed by atoms with Crippen LogP contribution in [0.25, 0.3) is 0 Å². The van der Waals surface area contributed by atoms with Gasteiger partial charge in [0.2, 0.25) is 5.91 Å². The molecule has 18 heavy (non-hydrogen) atoms. The molecule has 7 heteroatoms. The Kier molecular flexibility index (Phi) is 5.04. The number of carbonyl (C=O) groups excluding carboxylic acids is 2. The topological polar surface area (TPSA) is 84.4 Å². The smallest absolute Gasteiger partial charge is 0.407 e. The molecule has 0 aromatic carbocycles. The highest BCUT2D eigenvalue weighted by Gasteiger charge is 2.19. The molecule has 0 bridgehead atoms. The molecule has 0 fully saturated rings. The number of ether oxygens (including phenoxy) is 1. The number of nitrogens with one attached hydrogen (secondary N) is 1. The largest absolute Gasteiger partial charge is 0.453 e. The van der Waals surface area contributed by atoms with E-state index in [2.05, 4.69) is 20.0 Å². The lowest BCUT2D eigenvalue weighted by Gasteiger charge is -2.21. The molecule has 0 radical (unpaired) electrons. The van der Waals surface area contributed by atoms with Crippen LogP contribution in [0.4, 0.5) is 4.79 Å². The first-order chi connectivity index (χ1) is 8.54. The van der Waals surface area contributed by atoms with Crippen LogP contribution in [-0.2, 0) is 16.1 Å². The minimum atomic E-state index is -0.654. The summed E-state index contributed by atoms with van der Waals surface area (Å²) in [6, 6.07) is -0.654. The lowest BCUT2D eigenvalue weighted by Crippen LogP contribution is -2.45. The molecule has 0 aliphatic rings. The zero-order valence-corrected chi connectivity index (χ0v) is 10.6. The van der Waals surface area contributed by atoms with Gasteiger partial charge in [0, 0.05) is 19.4 Å². The molecule has 1 N–H and O–H groups in total. The van der Waals surface area contributed by atoms with Crippen LogP contribution in [0.5, 0.6) is 0 Å². The average Bonchev–Trinajstić information content (AvgIpc) is 2.38. The second-order valence-electron chi connectivity index (χ2n) is 3.75. The van der Waals surface area contributed by atoms with Gasteiger partial charge in [-0.1, -0.05) is 0 Å². The standard InChI is InChI=1S/C11H16N4O3/c1-8(14-11(17)18-3)10(16)15(2)7-9-6-12-4-5-13-9/h4-6,8H,7H2,1-3H3,(H,14,17)/t8-/m0/s1. The van der Waals surface area contributed by atoms with Gasteiger partial charge in [0.15, 0.2) is 0 Å². The second-order valence-corrected chi connectivity index (χ2v) is 3.75. The highest BCUT2D eigenvalue weighted by atomic mass is 16.5. The number of likely N-dealkylation sites (N-methyl/N-ethyl adjacent to an activating group) is 1. The predicted octanol–water partition coefficient (Wildman–Crippen LogP) is 0.179. The predicted molar refractivity (Wildman–Crippen MR) is 63.5 cm³/mol. The quantitative estimate of drug-likeness (QED) is 0.826. The summed E-state index contributed by atoms with van der Waals surface area (Å²) < 4.78 is 4.43. The molecule has 0 aliphatic carbocycles. The van der Waals surface area contributed by atoms with E-state index in [1.807, 2.05) is 0 Å². The van der Waals surface area contributed by atoms with E-state index in [9.17, 15) is 9.59 Å². The molecule has 0 spiro atoms. The number of nitrogens with zero attached hydrogens (tertiary/aromatic N) is 3. The van der Waals surface area contributed by atoms with Crippen molar-refractivity contribution in [2.75, 3.05) is 14.2 Å². The molecule has 0 saturated carbocycles. The van der Waals surface area contributed by atoms with E-state index in [4.69, 9.17) is 0 Å². The molecule has 98 valence electrons. The number of carbonyl (C=O) groups is 2. The van der Waals surface area contributed by atoms with Crippen LogP contribution in [-0.4, -0.2) is 47.1 Å². The second kappa shape index (κ2) is 6.53.